The van der Waals surface area contributed by atoms with Crippen molar-refractivity contribution in [2.24, 2.45) is 5.92 Å². The fourth-order valence-electron chi connectivity index (χ4n) is 1.20. The third-order valence-corrected chi connectivity index (χ3v) is 3.32. The van der Waals surface area contributed by atoms with Crippen molar-refractivity contribution in [3.63, 3.8) is 0 Å². The van der Waals surface area contributed by atoms with Crippen molar-refractivity contribution in [1.82, 2.24) is 0 Å². The van der Waals surface area contributed by atoms with E-state index in [1.165, 1.54) is 0 Å². The quantitative estimate of drug-likeness (QED) is 0.411. The zero-order valence-electron chi connectivity index (χ0n) is 5.92. The number of aliphatic hydroxyl groups is 4. The first-order valence-electron chi connectivity index (χ1n) is 3.44. The fourth-order valence-corrected chi connectivity index (χ4v) is 2.45. The van der Waals surface area contributed by atoms with Crippen molar-refractivity contribution in [1.29, 1.82) is 0 Å². The molecule has 0 radical (unpaired) electrons. The standard InChI is InChI=1S/C6H12O4S/c7-1-3-4(2-8)11-6(10)5(3)9/h3-10H,1-2H2. The van der Waals surface area contributed by atoms with Crippen LogP contribution in [0.15, 0.2) is 0 Å². The Kier molecular flexibility index (Phi) is 3.15. The minimum Gasteiger partial charge on any atom is -0.396 e. The summed E-state index contributed by atoms with van der Waals surface area (Å²) >= 11 is 1.10. The molecule has 0 amide bonds. The predicted molar refractivity (Wildman–Crippen MR) is 41.1 cm³/mol. The Morgan fingerprint density at radius 3 is 2.09 bits per heavy atom. The summed E-state index contributed by atoms with van der Waals surface area (Å²) < 4.78 is 0. The molecule has 4 unspecified atom stereocenters. The summed E-state index contributed by atoms with van der Waals surface area (Å²) in [7, 11) is 0. The van der Waals surface area contributed by atoms with Gasteiger partial charge in [-0.3, -0.25) is 0 Å². The Morgan fingerprint density at radius 1 is 1.09 bits per heavy atom. The molecule has 66 valence electrons. The highest BCUT2D eigenvalue weighted by molar-refractivity contribution is 8.00. The van der Waals surface area contributed by atoms with Crippen molar-refractivity contribution in [2.75, 3.05) is 13.2 Å². The van der Waals surface area contributed by atoms with E-state index < -0.39 is 17.5 Å². The zero-order valence-corrected chi connectivity index (χ0v) is 6.74. The predicted octanol–water partition coefficient (Wildman–Crippen LogP) is -1.62. The normalized spacial score (nSPS) is 44.7. The summed E-state index contributed by atoms with van der Waals surface area (Å²) in [5.41, 5.74) is -0.871. The maximum Gasteiger partial charge on any atom is 0.126 e. The third-order valence-electron chi connectivity index (χ3n) is 1.91. The van der Waals surface area contributed by atoms with Crippen LogP contribution in [0.4, 0.5) is 0 Å². The first-order valence-corrected chi connectivity index (χ1v) is 4.38. The molecule has 1 heterocycles. The van der Waals surface area contributed by atoms with Gasteiger partial charge in [0.2, 0.25) is 0 Å². The molecule has 1 aliphatic rings. The molecule has 1 rings (SSSR count). The van der Waals surface area contributed by atoms with Crippen LogP contribution in [0.5, 0.6) is 0 Å². The van der Waals surface area contributed by atoms with Crippen LogP contribution in [0.3, 0.4) is 0 Å². The van der Waals surface area contributed by atoms with Gasteiger partial charge in [0, 0.05) is 17.8 Å². The molecule has 0 bridgehead atoms. The van der Waals surface area contributed by atoms with Gasteiger partial charge in [-0.25, -0.2) is 0 Å². The van der Waals surface area contributed by atoms with Gasteiger partial charge < -0.3 is 20.4 Å². The minimum absolute atomic E-state index is 0.121. The average molecular weight is 180 g/mol. The first-order chi connectivity index (χ1) is 5.20. The lowest BCUT2D eigenvalue weighted by Crippen LogP contribution is -2.31. The summed E-state index contributed by atoms with van der Waals surface area (Å²) in [6.45, 7) is -0.319. The van der Waals surface area contributed by atoms with E-state index in [1.54, 1.807) is 0 Å². The summed E-state index contributed by atoms with van der Waals surface area (Å²) in [5, 5.41) is 35.6. The molecule has 0 aromatic carbocycles. The van der Waals surface area contributed by atoms with Crippen molar-refractivity contribution in [3.8, 4) is 0 Å². The van der Waals surface area contributed by atoms with Gasteiger partial charge in [0.1, 0.15) is 5.44 Å². The lowest BCUT2D eigenvalue weighted by Gasteiger charge is -2.15. The fraction of sp³-hybridized carbons (Fsp3) is 1.00. The van der Waals surface area contributed by atoms with Gasteiger partial charge in [-0.1, -0.05) is 0 Å². The van der Waals surface area contributed by atoms with E-state index in [1.807, 2.05) is 0 Å². The molecule has 0 aromatic heterocycles. The molecule has 4 atom stereocenters. The van der Waals surface area contributed by atoms with E-state index in [2.05, 4.69) is 0 Å². The lowest BCUT2D eigenvalue weighted by molar-refractivity contribution is 0.0156. The van der Waals surface area contributed by atoms with E-state index in [0.29, 0.717) is 0 Å². The van der Waals surface area contributed by atoms with Crippen LogP contribution in [0.1, 0.15) is 0 Å². The van der Waals surface area contributed by atoms with Crippen LogP contribution in [-0.2, 0) is 0 Å². The smallest absolute Gasteiger partial charge is 0.126 e. The molecule has 4 N–H and O–H groups in total. The molecule has 0 aliphatic carbocycles. The van der Waals surface area contributed by atoms with Crippen LogP contribution in [0.25, 0.3) is 0 Å². The maximum absolute atomic E-state index is 9.22. The van der Waals surface area contributed by atoms with Crippen LogP contribution in [0, 0.1) is 5.92 Å². The number of aliphatic hydroxyl groups excluding tert-OH is 4. The van der Waals surface area contributed by atoms with E-state index in [0.717, 1.165) is 11.8 Å². The highest BCUT2D eigenvalue weighted by Crippen LogP contribution is 2.36. The third kappa shape index (κ3) is 1.68. The van der Waals surface area contributed by atoms with Gasteiger partial charge in [-0.15, -0.1) is 11.8 Å². The second-order valence-electron chi connectivity index (χ2n) is 2.58. The van der Waals surface area contributed by atoms with Crippen molar-refractivity contribution < 1.29 is 20.4 Å². The topological polar surface area (TPSA) is 80.9 Å². The Morgan fingerprint density at radius 2 is 1.73 bits per heavy atom. The van der Waals surface area contributed by atoms with Crippen molar-refractivity contribution >= 4 is 11.8 Å². The number of rotatable bonds is 2. The van der Waals surface area contributed by atoms with Crippen molar-refractivity contribution in [2.45, 2.75) is 16.8 Å². The van der Waals surface area contributed by atoms with Gasteiger partial charge in [-0.2, -0.15) is 0 Å². The summed E-state index contributed by atoms with van der Waals surface area (Å²) in [5.74, 6) is -0.403. The van der Waals surface area contributed by atoms with E-state index in [4.69, 9.17) is 15.3 Å². The molecule has 1 aliphatic heterocycles. The molecule has 4 nitrogen and oxygen atoms in total. The maximum atomic E-state index is 9.22. The second-order valence-corrected chi connectivity index (χ2v) is 3.95. The second kappa shape index (κ2) is 3.73. The Balaban J connectivity index is 2.57. The van der Waals surface area contributed by atoms with E-state index in [-0.39, 0.29) is 18.5 Å². The van der Waals surface area contributed by atoms with Crippen LogP contribution in [-0.4, -0.2) is 50.4 Å². The molecule has 5 heteroatoms. The van der Waals surface area contributed by atoms with Crippen LogP contribution >= 0.6 is 11.8 Å². The van der Waals surface area contributed by atoms with E-state index >= 15 is 0 Å². The zero-order chi connectivity index (χ0) is 8.43. The van der Waals surface area contributed by atoms with E-state index in [9.17, 15) is 5.11 Å². The molecule has 1 saturated heterocycles. The Bertz CT molecular complexity index is 132. The molecule has 11 heavy (non-hydrogen) atoms. The van der Waals surface area contributed by atoms with Crippen LogP contribution in [0.2, 0.25) is 0 Å². The molecule has 0 spiro atoms. The SMILES string of the molecule is OCC1SC(O)C(O)C1CO. The van der Waals surface area contributed by atoms with Gasteiger partial charge in [-0.05, 0) is 0 Å². The van der Waals surface area contributed by atoms with Gasteiger partial charge in [0.05, 0.1) is 12.7 Å². The molecular formula is C6H12O4S. The van der Waals surface area contributed by atoms with Gasteiger partial charge in [0.25, 0.3) is 0 Å². The molecule has 1 fully saturated rings. The first kappa shape index (κ1) is 9.28. The van der Waals surface area contributed by atoms with Crippen LogP contribution < -0.4 is 0 Å². The largest absolute Gasteiger partial charge is 0.396 e. The highest BCUT2D eigenvalue weighted by atomic mass is 32.2. The molecule has 0 aromatic rings. The Labute approximate surface area is 68.9 Å². The monoisotopic (exact) mass is 180 g/mol. The molecule has 0 saturated carbocycles. The van der Waals surface area contributed by atoms with Gasteiger partial charge in [0.15, 0.2) is 0 Å². The average Bonchev–Trinajstić information content (AvgIpc) is 2.28. The van der Waals surface area contributed by atoms with Crippen molar-refractivity contribution in [3.05, 3.63) is 0 Å². The summed E-state index contributed by atoms with van der Waals surface area (Å²) in [4.78, 5) is 0. The molecular weight excluding hydrogens is 168 g/mol. The Hall–Kier alpha value is 0.190. The summed E-state index contributed by atoms with van der Waals surface area (Å²) in [6, 6.07) is 0. The number of hydrogen-bond acceptors (Lipinski definition) is 5. The number of thioether (sulfide) groups is 1. The number of hydrogen-bond donors (Lipinski definition) is 4. The summed E-state index contributed by atoms with van der Waals surface area (Å²) in [6.07, 6.45) is -0.915. The van der Waals surface area contributed by atoms with Gasteiger partial charge >= 0.3 is 0 Å². The minimum atomic E-state index is -0.915. The highest BCUT2D eigenvalue weighted by Gasteiger charge is 2.41. The lowest BCUT2D eigenvalue weighted by atomic mass is 10.0.